The van der Waals surface area contributed by atoms with Gasteiger partial charge in [0.25, 0.3) is 0 Å². The molecule has 2 N–H and O–H groups in total. The van der Waals surface area contributed by atoms with Crippen molar-refractivity contribution in [2.24, 2.45) is 0 Å². The number of nitrogens with one attached hydrogen (secondary N) is 1. The molecule has 0 saturated carbocycles. The minimum Gasteiger partial charge on any atom is -0.394 e. The van der Waals surface area contributed by atoms with Crippen LogP contribution in [0.5, 0.6) is 0 Å². The van der Waals surface area contributed by atoms with Crippen LogP contribution >= 0.6 is 0 Å². The van der Waals surface area contributed by atoms with Crippen LogP contribution in [0.15, 0.2) is 12.4 Å². The molecule has 0 spiro atoms. The minimum absolute atomic E-state index is 0.117. The van der Waals surface area contributed by atoms with Gasteiger partial charge in [-0.15, -0.1) is 0 Å². The maximum atomic E-state index is 9.38. The molecular formula is C11H21N3O. The summed E-state index contributed by atoms with van der Waals surface area (Å²) in [7, 11) is 0. The summed E-state index contributed by atoms with van der Waals surface area (Å²) in [6.45, 7) is 7.86. The van der Waals surface area contributed by atoms with Gasteiger partial charge in [-0.3, -0.25) is 4.68 Å². The molecule has 15 heavy (non-hydrogen) atoms. The van der Waals surface area contributed by atoms with Crippen molar-refractivity contribution < 1.29 is 5.11 Å². The van der Waals surface area contributed by atoms with Crippen molar-refractivity contribution in [2.45, 2.75) is 39.3 Å². The van der Waals surface area contributed by atoms with Gasteiger partial charge in [0, 0.05) is 6.20 Å². The zero-order valence-corrected chi connectivity index (χ0v) is 9.82. The highest BCUT2D eigenvalue weighted by molar-refractivity contribution is 5.00. The van der Waals surface area contributed by atoms with Crippen molar-refractivity contribution in [2.75, 3.05) is 13.2 Å². The zero-order chi connectivity index (χ0) is 11.3. The van der Waals surface area contributed by atoms with E-state index in [1.807, 2.05) is 30.9 Å². The van der Waals surface area contributed by atoms with Crippen molar-refractivity contribution in [1.29, 1.82) is 0 Å². The van der Waals surface area contributed by atoms with Gasteiger partial charge in [0.15, 0.2) is 0 Å². The molecule has 0 aliphatic heterocycles. The number of aliphatic hydroxyl groups is 1. The largest absolute Gasteiger partial charge is 0.394 e. The van der Waals surface area contributed by atoms with Crippen LogP contribution in [0.1, 0.15) is 25.8 Å². The van der Waals surface area contributed by atoms with Gasteiger partial charge in [0.05, 0.1) is 24.9 Å². The lowest BCUT2D eigenvalue weighted by Gasteiger charge is -2.28. The van der Waals surface area contributed by atoms with Crippen molar-refractivity contribution >= 4 is 0 Å². The SMILES string of the molecule is CCCNC(C)(CO)Cn1cc(C)cn1. The fourth-order valence-electron chi connectivity index (χ4n) is 1.50. The Hall–Kier alpha value is -0.870. The fourth-order valence-corrected chi connectivity index (χ4v) is 1.50. The van der Waals surface area contributed by atoms with Gasteiger partial charge in [-0.1, -0.05) is 6.92 Å². The van der Waals surface area contributed by atoms with E-state index in [1.54, 1.807) is 0 Å². The Morgan fingerprint density at radius 2 is 2.33 bits per heavy atom. The van der Waals surface area contributed by atoms with Crippen LogP contribution in [0, 0.1) is 6.92 Å². The molecule has 0 bridgehead atoms. The molecule has 1 heterocycles. The zero-order valence-electron chi connectivity index (χ0n) is 9.82. The molecule has 1 unspecified atom stereocenters. The standard InChI is InChI=1S/C11H21N3O/c1-4-5-12-11(3,9-15)8-14-7-10(2)6-13-14/h6-7,12,15H,4-5,8-9H2,1-3H3. The first-order valence-corrected chi connectivity index (χ1v) is 5.44. The minimum atomic E-state index is -0.283. The molecule has 1 aromatic heterocycles. The molecule has 0 saturated heterocycles. The molecule has 0 amide bonds. The van der Waals surface area contributed by atoms with Crippen LogP contribution in [-0.4, -0.2) is 33.6 Å². The van der Waals surface area contributed by atoms with Gasteiger partial charge in [0.2, 0.25) is 0 Å². The van der Waals surface area contributed by atoms with Crippen LogP contribution in [0.4, 0.5) is 0 Å². The summed E-state index contributed by atoms with van der Waals surface area (Å²) in [5.41, 5.74) is 0.861. The van der Waals surface area contributed by atoms with E-state index >= 15 is 0 Å². The predicted octanol–water partition coefficient (Wildman–Crippen LogP) is 0.942. The number of aryl methyl sites for hydroxylation is 1. The maximum absolute atomic E-state index is 9.38. The van der Waals surface area contributed by atoms with Gasteiger partial charge in [-0.25, -0.2) is 0 Å². The average molecular weight is 211 g/mol. The number of hydrogen-bond donors (Lipinski definition) is 2. The molecule has 0 fully saturated rings. The molecule has 4 heteroatoms. The monoisotopic (exact) mass is 211 g/mol. The van der Waals surface area contributed by atoms with E-state index in [1.165, 1.54) is 0 Å². The Morgan fingerprint density at radius 1 is 1.60 bits per heavy atom. The van der Waals surface area contributed by atoms with E-state index in [-0.39, 0.29) is 12.1 Å². The summed E-state index contributed by atoms with van der Waals surface area (Å²) < 4.78 is 1.87. The van der Waals surface area contributed by atoms with Crippen molar-refractivity contribution in [3.05, 3.63) is 18.0 Å². The summed E-state index contributed by atoms with van der Waals surface area (Å²) >= 11 is 0. The van der Waals surface area contributed by atoms with Crippen molar-refractivity contribution in [3.63, 3.8) is 0 Å². The van der Waals surface area contributed by atoms with Gasteiger partial charge in [0.1, 0.15) is 0 Å². The van der Waals surface area contributed by atoms with E-state index in [0.717, 1.165) is 18.5 Å². The van der Waals surface area contributed by atoms with E-state index < -0.39 is 0 Å². The summed E-state index contributed by atoms with van der Waals surface area (Å²) in [4.78, 5) is 0. The lowest BCUT2D eigenvalue weighted by atomic mass is 10.0. The lowest BCUT2D eigenvalue weighted by Crippen LogP contribution is -2.49. The molecule has 1 rings (SSSR count). The van der Waals surface area contributed by atoms with Crippen molar-refractivity contribution in [1.82, 2.24) is 15.1 Å². The number of rotatable bonds is 6. The number of hydrogen-bond acceptors (Lipinski definition) is 3. The van der Waals surface area contributed by atoms with Crippen LogP contribution in [0.2, 0.25) is 0 Å². The molecule has 0 radical (unpaired) electrons. The van der Waals surface area contributed by atoms with Gasteiger partial charge in [-0.2, -0.15) is 5.10 Å². The Morgan fingerprint density at radius 3 is 2.80 bits per heavy atom. The van der Waals surface area contributed by atoms with Gasteiger partial charge in [-0.05, 0) is 32.4 Å². The molecule has 0 aliphatic rings. The highest BCUT2D eigenvalue weighted by atomic mass is 16.3. The number of aromatic nitrogens is 2. The number of aliphatic hydroxyl groups excluding tert-OH is 1. The lowest BCUT2D eigenvalue weighted by molar-refractivity contribution is 0.153. The third-order valence-corrected chi connectivity index (χ3v) is 2.42. The second-order valence-electron chi connectivity index (χ2n) is 4.36. The first-order chi connectivity index (χ1) is 7.09. The topological polar surface area (TPSA) is 50.1 Å². The molecule has 1 aromatic rings. The smallest absolute Gasteiger partial charge is 0.0628 e. The highest BCUT2D eigenvalue weighted by Crippen LogP contribution is 2.07. The average Bonchev–Trinajstić information content (AvgIpc) is 2.61. The third-order valence-electron chi connectivity index (χ3n) is 2.42. The molecule has 0 aliphatic carbocycles. The quantitative estimate of drug-likeness (QED) is 0.736. The molecule has 0 aromatic carbocycles. The van der Waals surface area contributed by atoms with Crippen LogP contribution in [0.3, 0.4) is 0 Å². The predicted molar refractivity (Wildman–Crippen MR) is 60.7 cm³/mol. The first-order valence-electron chi connectivity index (χ1n) is 5.44. The van der Waals surface area contributed by atoms with Gasteiger partial charge >= 0.3 is 0 Å². The highest BCUT2D eigenvalue weighted by Gasteiger charge is 2.23. The number of nitrogens with zero attached hydrogens (tertiary/aromatic N) is 2. The van der Waals surface area contributed by atoms with Gasteiger partial charge < -0.3 is 10.4 Å². The first kappa shape index (κ1) is 12.2. The second kappa shape index (κ2) is 5.28. The third kappa shape index (κ3) is 3.64. The Bertz CT molecular complexity index is 298. The van der Waals surface area contributed by atoms with E-state index in [9.17, 15) is 5.11 Å². The molecular weight excluding hydrogens is 190 g/mol. The Balaban J connectivity index is 2.59. The van der Waals surface area contributed by atoms with Crippen LogP contribution < -0.4 is 5.32 Å². The molecule has 1 atom stereocenters. The summed E-state index contributed by atoms with van der Waals surface area (Å²) in [6.07, 6.45) is 4.88. The Kier molecular flexibility index (Phi) is 4.29. The Labute approximate surface area is 91.3 Å². The van der Waals surface area contributed by atoms with E-state index in [4.69, 9.17) is 0 Å². The summed E-state index contributed by atoms with van der Waals surface area (Å²) in [5, 5.41) is 16.9. The van der Waals surface area contributed by atoms with Crippen LogP contribution in [-0.2, 0) is 6.54 Å². The second-order valence-corrected chi connectivity index (χ2v) is 4.36. The summed E-state index contributed by atoms with van der Waals surface area (Å²) in [6, 6.07) is 0. The van der Waals surface area contributed by atoms with E-state index in [2.05, 4.69) is 17.3 Å². The normalized spacial score (nSPS) is 15.2. The molecule has 86 valence electrons. The fraction of sp³-hybridized carbons (Fsp3) is 0.727. The summed E-state index contributed by atoms with van der Waals surface area (Å²) in [5.74, 6) is 0. The van der Waals surface area contributed by atoms with Crippen molar-refractivity contribution in [3.8, 4) is 0 Å². The maximum Gasteiger partial charge on any atom is 0.0628 e. The molecule has 4 nitrogen and oxygen atoms in total. The van der Waals surface area contributed by atoms with Crippen LogP contribution in [0.25, 0.3) is 0 Å². The van der Waals surface area contributed by atoms with E-state index in [0.29, 0.717) is 6.54 Å².